The fourth-order valence-electron chi connectivity index (χ4n) is 0.736. The standard InChI is InChI=1S/C9H15NO2/c1-3-4-5-8(11)6-7(2)9(10)12/h6H,3-5H2,1-2H3,(H2,10,12)/b7-6+. The van der Waals surface area contributed by atoms with E-state index >= 15 is 0 Å². The SMILES string of the molecule is CCCCC(=O)/C=C(\C)C(N)=O. The van der Waals surface area contributed by atoms with Gasteiger partial charge in [-0.1, -0.05) is 13.3 Å². The average molecular weight is 169 g/mol. The van der Waals surface area contributed by atoms with Gasteiger partial charge in [-0.15, -0.1) is 0 Å². The van der Waals surface area contributed by atoms with Crippen LogP contribution in [0.2, 0.25) is 0 Å². The van der Waals surface area contributed by atoms with E-state index in [1.54, 1.807) is 6.92 Å². The number of primary amides is 1. The summed E-state index contributed by atoms with van der Waals surface area (Å²) < 4.78 is 0. The summed E-state index contributed by atoms with van der Waals surface area (Å²) in [6, 6.07) is 0. The first-order chi connectivity index (χ1) is 5.57. The number of carbonyl (C=O) groups is 2. The molecule has 12 heavy (non-hydrogen) atoms. The minimum Gasteiger partial charge on any atom is -0.366 e. The molecule has 0 rings (SSSR count). The van der Waals surface area contributed by atoms with Gasteiger partial charge in [0.05, 0.1) is 0 Å². The predicted octanol–water partition coefficient (Wildman–Crippen LogP) is 1.18. The first kappa shape index (κ1) is 10.9. The third-order valence-electron chi connectivity index (χ3n) is 1.54. The van der Waals surface area contributed by atoms with Gasteiger partial charge in [0, 0.05) is 12.0 Å². The molecule has 3 nitrogen and oxygen atoms in total. The second-order valence-electron chi connectivity index (χ2n) is 2.76. The second-order valence-corrected chi connectivity index (χ2v) is 2.76. The molecule has 0 spiro atoms. The van der Waals surface area contributed by atoms with Crippen molar-refractivity contribution < 1.29 is 9.59 Å². The van der Waals surface area contributed by atoms with E-state index < -0.39 is 5.91 Å². The number of amides is 1. The summed E-state index contributed by atoms with van der Waals surface area (Å²) in [6.07, 6.45) is 3.66. The van der Waals surface area contributed by atoms with Gasteiger partial charge in [0.25, 0.3) is 0 Å². The molecule has 0 saturated carbocycles. The van der Waals surface area contributed by atoms with Gasteiger partial charge in [-0.2, -0.15) is 0 Å². The monoisotopic (exact) mass is 169 g/mol. The molecular formula is C9H15NO2. The number of rotatable bonds is 5. The maximum Gasteiger partial charge on any atom is 0.244 e. The maximum atomic E-state index is 11.0. The van der Waals surface area contributed by atoms with Gasteiger partial charge in [0.15, 0.2) is 5.78 Å². The number of nitrogens with two attached hydrogens (primary N) is 1. The molecule has 68 valence electrons. The van der Waals surface area contributed by atoms with E-state index in [-0.39, 0.29) is 5.78 Å². The van der Waals surface area contributed by atoms with Crippen LogP contribution in [0.4, 0.5) is 0 Å². The zero-order valence-corrected chi connectivity index (χ0v) is 7.59. The third kappa shape index (κ3) is 4.66. The number of ketones is 1. The molecule has 0 bridgehead atoms. The fraction of sp³-hybridized carbons (Fsp3) is 0.556. The number of hydrogen-bond acceptors (Lipinski definition) is 2. The van der Waals surface area contributed by atoms with Crippen LogP contribution < -0.4 is 5.73 Å². The molecule has 0 radical (unpaired) electrons. The van der Waals surface area contributed by atoms with Crippen LogP contribution in [0.3, 0.4) is 0 Å². The van der Waals surface area contributed by atoms with Gasteiger partial charge < -0.3 is 5.73 Å². The van der Waals surface area contributed by atoms with Crippen molar-refractivity contribution in [2.45, 2.75) is 33.1 Å². The van der Waals surface area contributed by atoms with Crippen LogP contribution >= 0.6 is 0 Å². The van der Waals surface area contributed by atoms with Gasteiger partial charge in [-0.05, 0) is 19.4 Å². The summed E-state index contributed by atoms with van der Waals surface area (Å²) in [7, 11) is 0. The first-order valence-corrected chi connectivity index (χ1v) is 4.08. The lowest BCUT2D eigenvalue weighted by molar-refractivity contribution is -0.117. The van der Waals surface area contributed by atoms with Crippen LogP contribution in [-0.4, -0.2) is 11.7 Å². The molecule has 0 aliphatic heterocycles. The first-order valence-electron chi connectivity index (χ1n) is 4.08. The topological polar surface area (TPSA) is 60.2 Å². The Morgan fingerprint density at radius 3 is 2.42 bits per heavy atom. The molecule has 0 aliphatic rings. The van der Waals surface area contributed by atoms with E-state index in [4.69, 9.17) is 5.73 Å². The Bertz CT molecular complexity index is 207. The van der Waals surface area contributed by atoms with Crippen LogP contribution in [0.1, 0.15) is 33.1 Å². The normalized spacial score (nSPS) is 11.3. The summed E-state index contributed by atoms with van der Waals surface area (Å²) in [5.41, 5.74) is 5.28. The quantitative estimate of drug-likeness (QED) is 0.628. The number of allylic oxidation sites excluding steroid dienone is 1. The van der Waals surface area contributed by atoms with Crippen molar-refractivity contribution >= 4 is 11.7 Å². The lowest BCUT2D eigenvalue weighted by Crippen LogP contribution is -2.12. The van der Waals surface area contributed by atoms with E-state index in [1.807, 2.05) is 6.92 Å². The molecule has 0 unspecified atom stereocenters. The van der Waals surface area contributed by atoms with Crippen LogP contribution in [0.25, 0.3) is 0 Å². The molecule has 0 saturated heterocycles. The lowest BCUT2D eigenvalue weighted by Gasteiger charge is -1.94. The highest BCUT2D eigenvalue weighted by Crippen LogP contribution is 1.99. The Morgan fingerprint density at radius 1 is 1.42 bits per heavy atom. The minimum absolute atomic E-state index is 0.0202. The minimum atomic E-state index is -0.528. The zero-order valence-electron chi connectivity index (χ0n) is 7.59. The van der Waals surface area contributed by atoms with E-state index in [0.717, 1.165) is 12.8 Å². The van der Waals surface area contributed by atoms with Crippen LogP contribution in [0.5, 0.6) is 0 Å². The Balaban J connectivity index is 3.97. The smallest absolute Gasteiger partial charge is 0.244 e. The largest absolute Gasteiger partial charge is 0.366 e. The average Bonchev–Trinajstić information content (AvgIpc) is 2.00. The van der Waals surface area contributed by atoms with Gasteiger partial charge in [0.2, 0.25) is 5.91 Å². The predicted molar refractivity (Wildman–Crippen MR) is 47.5 cm³/mol. The summed E-state index contributed by atoms with van der Waals surface area (Å²) in [6.45, 7) is 3.56. The lowest BCUT2D eigenvalue weighted by atomic mass is 10.1. The highest BCUT2D eigenvalue weighted by molar-refractivity contribution is 6.00. The van der Waals surface area contributed by atoms with E-state index in [0.29, 0.717) is 12.0 Å². The Labute approximate surface area is 72.6 Å². The second kappa shape index (κ2) is 5.52. The molecule has 1 amide bonds. The molecule has 3 heteroatoms. The Morgan fingerprint density at radius 2 is 2.00 bits per heavy atom. The highest BCUT2D eigenvalue weighted by Gasteiger charge is 2.01. The van der Waals surface area contributed by atoms with Crippen molar-refractivity contribution in [1.29, 1.82) is 0 Å². The van der Waals surface area contributed by atoms with Gasteiger partial charge in [-0.25, -0.2) is 0 Å². The molecule has 0 aromatic heterocycles. The summed E-state index contributed by atoms with van der Waals surface area (Å²) in [5.74, 6) is -0.548. The molecule has 0 aromatic rings. The van der Waals surface area contributed by atoms with Crippen molar-refractivity contribution in [2.75, 3.05) is 0 Å². The van der Waals surface area contributed by atoms with Gasteiger partial charge in [0.1, 0.15) is 0 Å². The van der Waals surface area contributed by atoms with Crippen molar-refractivity contribution in [3.63, 3.8) is 0 Å². The molecule has 0 aliphatic carbocycles. The highest BCUT2D eigenvalue weighted by atomic mass is 16.1. The fourth-order valence-corrected chi connectivity index (χ4v) is 0.736. The van der Waals surface area contributed by atoms with Crippen molar-refractivity contribution in [3.8, 4) is 0 Å². The van der Waals surface area contributed by atoms with Crippen LogP contribution in [0, 0.1) is 0 Å². The third-order valence-corrected chi connectivity index (χ3v) is 1.54. The summed E-state index contributed by atoms with van der Waals surface area (Å²) in [4.78, 5) is 21.5. The van der Waals surface area contributed by atoms with Crippen LogP contribution in [-0.2, 0) is 9.59 Å². The van der Waals surface area contributed by atoms with Crippen molar-refractivity contribution in [1.82, 2.24) is 0 Å². The van der Waals surface area contributed by atoms with Crippen molar-refractivity contribution in [2.24, 2.45) is 5.73 Å². The summed E-state index contributed by atoms with van der Waals surface area (Å²) in [5, 5.41) is 0. The van der Waals surface area contributed by atoms with E-state index in [1.165, 1.54) is 6.08 Å². The molecule has 0 heterocycles. The van der Waals surface area contributed by atoms with E-state index in [2.05, 4.69) is 0 Å². The summed E-state index contributed by atoms with van der Waals surface area (Å²) >= 11 is 0. The number of unbranched alkanes of at least 4 members (excludes halogenated alkanes) is 1. The molecular weight excluding hydrogens is 154 g/mol. The maximum absolute atomic E-state index is 11.0. The molecule has 0 aromatic carbocycles. The van der Waals surface area contributed by atoms with Crippen molar-refractivity contribution in [3.05, 3.63) is 11.6 Å². The molecule has 0 atom stereocenters. The Hall–Kier alpha value is -1.12. The van der Waals surface area contributed by atoms with E-state index in [9.17, 15) is 9.59 Å². The molecule has 0 fully saturated rings. The van der Waals surface area contributed by atoms with Gasteiger partial charge >= 0.3 is 0 Å². The number of hydrogen-bond donors (Lipinski definition) is 1. The van der Waals surface area contributed by atoms with Gasteiger partial charge in [-0.3, -0.25) is 9.59 Å². The Kier molecular flexibility index (Phi) is 5.00. The zero-order chi connectivity index (χ0) is 9.56. The molecule has 2 N–H and O–H groups in total. The number of carbonyl (C=O) groups excluding carboxylic acids is 2. The van der Waals surface area contributed by atoms with Crippen LogP contribution in [0.15, 0.2) is 11.6 Å².